The van der Waals surface area contributed by atoms with E-state index < -0.39 is 17.5 Å². The van der Waals surface area contributed by atoms with E-state index in [1.165, 1.54) is 0 Å². The van der Waals surface area contributed by atoms with Crippen molar-refractivity contribution in [2.24, 2.45) is 0 Å². The molecule has 128 valence electrons. The lowest BCUT2D eigenvalue weighted by Crippen LogP contribution is -2.43. The minimum absolute atomic E-state index is 0.191. The monoisotopic (exact) mass is 331 g/mol. The Balaban J connectivity index is 1.74. The van der Waals surface area contributed by atoms with Crippen molar-refractivity contribution in [2.45, 2.75) is 38.3 Å². The minimum Gasteiger partial charge on any atom is -0.494 e. The number of amides is 4. The fraction of sp³-hybridized carbons (Fsp3) is 0.471. The highest BCUT2D eigenvalue weighted by Crippen LogP contribution is 2.30. The minimum atomic E-state index is -1.18. The Morgan fingerprint density at radius 1 is 1.33 bits per heavy atom. The van der Waals surface area contributed by atoms with Gasteiger partial charge in [-0.05, 0) is 44.4 Å². The van der Waals surface area contributed by atoms with E-state index in [9.17, 15) is 14.4 Å². The molecular formula is C17H21N3O4. The van der Waals surface area contributed by atoms with Gasteiger partial charge in [-0.25, -0.2) is 4.79 Å². The van der Waals surface area contributed by atoms with Gasteiger partial charge in [0.15, 0.2) is 0 Å². The van der Waals surface area contributed by atoms with E-state index in [1.807, 2.05) is 6.92 Å². The maximum absolute atomic E-state index is 12.7. The summed E-state index contributed by atoms with van der Waals surface area (Å²) < 4.78 is 5.39. The Labute approximate surface area is 140 Å². The molecule has 3 rings (SSSR count). The van der Waals surface area contributed by atoms with Crippen LogP contribution in [0.1, 0.15) is 32.3 Å². The fourth-order valence-corrected chi connectivity index (χ4v) is 2.73. The molecule has 0 spiro atoms. The summed E-state index contributed by atoms with van der Waals surface area (Å²) in [6.45, 7) is 3.83. The maximum atomic E-state index is 12.7. The molecule has 1 aliphatic heterocycles. The van der Waals surface area contributed by atoms with Crippen LogP contribution >= 0.6 is 0 Å². The number of nitrogens with one attached hydrogen (secondary N) is 2. The lowest BCUT2D eigenvalue weighted by atomic mass is 9.92. The summed E-state index contributed by atoms with van der Waals surface area (Å²) in [5, 5.41) is 5.47. The van der Waals surface area contributed by atoms with Gasteiger partial charge in [0.25, 0.3) is 5.91 Å². The van der Waals surface area contributed by atoms with E-state index in [0.29, 0.717) is 17.9 Å². The molecule has 2 N–H and O–H groups in total. The van der Waals surface area contributed by atoms with Crippen LogP contribution in [-0.4, -0.2) is 41.9 Å². The van der Waals surface area contributed by atoms with Gasteiger partial charge in [0.2, 0.25) is 5.91 Å². The number of ether oxygens (including phenoxy) is 1. The number of carbonyl (C=O) groups is 3. The fourth-order valence-electron chi connectivity index (χ4n) is 2.73. The van der Waals surface area contributed by atoms with Gasteiger partial charge in [-0.1, -0.05) is 12.1 Å². The first-order valence-corrected chi connectivity index (χ1v) is 8.11. The van der Waals surface area contributed by atoms with Crippen LogP contribution in [0.15, 0.2) is 24.3 Å². The number of nitrogens with zero attached hydrogens (tertiary/aromatic N) is 1. The van der Waals surface area contributed by atoms with Crippen LogP contribution in [0.4, 0.5) is 4.79 Å². The second-order valence-electron chi connectivity index (χ2n) is 6.25. The number of carbonyl (C=O) groups excluding carboxylic acids is 3. The third-order valence-corrected chi connectivity index (χ3v) is 4.26. The van der Waals surface area contributed by atoms with Gasteiger partial charge in [0, 0.05) is 6.04 Å². The van der Waals surface area contributed by atoms with E-state index >= 15 is 0 Å². The van der Waals surface area contributed by atoms with Gasteiger partial charge in [-0.15, -0.1) is 0 Å². The Kier molecular flexibility index (Phi) is 4.17. The quantitative estimate of drug-likeness (QED) is 0.765. The van der Waals surface area contributed by atoms with Crippen molar-refractivity contribution in [3.05, 3.63) is 29.8 Å². The molecule has 0 unspecified atom stereocenters. The predicted octanol–water partition coefficient (Wildman–Crippen LogP) is 1.13. The lowest BCUT2D eigenvalue weighted by molar-refractivity contribution is -0.134. The van der Waals surface area contributed by atoms with Crippen LogP contribution in [0.5, 0.6) is 5.75 Å². The van der Waals surface area contributed by atoms with E-state index in [4.69, 9.17) is 4.74 Å². The molecule has 2 fully saturated rings. The first-order valence-electron chi connectivity index (χ1n) is 8.11. The first kappa shape index (κ1) is 16.3. The molecule has 0 aromatic heterocycles. The largest absolute Gasteiger partial charge is 0.494 e. The SMILES string of the molecule is CCOc1ccc([C@@]2(C)NC(=O)N(CC(=O)NC3CC3)C2=O)cc1. The highest BCUT2D eigenvalue weighted by Gasteiger charge is 2.49. The molecule has 1 atom stereocenters. The molecule has 1 aliphatic carbocycles. The summed E-state index contributed by atoms with van der Waals surface area (Å²) in [5.74, 6) is -0.0400. The number of benzene rings is 1. The highest BCUT2D eigenvalue weighted by molar-refractivity contribution is 6.09. The molecule has 1 saturated carbocycles. The highest BCUT2D eigenvalue weighted by atomic mass is 16.5. The second-order valence-corrected chi connectivity index (χ2v) is 6.25. The molecule has 7 heteroatoms. The average molecular weight is 331 g/mol. The van der Waals surface area contributed by atoms with E-state index in [2.05, 4.69) is 10.6 Å². The van der Waals surface area contributed by atoms with Crippen LogP contribution < -0.4 is 15.4 Å². The van der Waals surface area contributed by atoms with Gasteiger partial charge >= 0.3 is 6.03 Å². The molecule has 2 aliphatic rings. The summed E-state index contributed by atoms with van der Waals surface area (Å²) in [6, 6.07) is 6.64. The van der Waals surface area contributed by atoms with E-state index in [1.54, 1.807) is 31.2 Å². The number of imide groups is 1. The normalized spacial score (nSPS) is 23.2. The summed E-state index contributed by atoms with van der Waals surface area (Å²) >= 11 is 0. The van der Waals surface area contributed by atoms with Crippen molar-refractivity contribution in [1.29, 1.82) is 0 Å². The van der Waals surface area contributed by atoms with Gasteiger partial charge in [0.05, 0.1) is 6.61 Å². The van der Waals surface area contributed by atoms with Crippen molar-refractivity contribution >= 4 is 17.8 Å². The van der Waals surface area contributed by atoms with E-state index in [-0.39, 0.29) is 18.5 Å². The smallest absolute Gasteiger partial charge is 0.325 e. The molecule has 1 aromatic carbocycles. The third-order valence-electron chi connectivity index (χ3n) is 4.26. The molecule has 0 bridgehead atoms. The molecule has 0 radical (unpaired) electrons. The van der Waals surface area contributed by atoms with Crippen molar-refractivity contribution in [3.63, 3.8) is 0 Å². The molecule has 1 aromatic rings. The van der Waals surface area contributed by atoms with Gasteiger partial charge in [-0.2, -0.15) is 0 Å². The zero-order valence-electron chi connectivity index (χ0n) is 13.8. The number of hydrogen-bond donors (Lipinski definition) is 2. The van der Waals surface area contributed by atoms with Crippen LogP contribution in [-0.2, 0) is 15.1 Å². The van der Waals surface area contributed by atoms with Gasteiger partial charge < -0.3 is 15.4 Å². The predicted molar refractivity (Wildman–Crippen MR) is 86.4 cm³/mol. The Morgan fingerprint density at radius 2 is 2.00 bits per heavy atom. The molecule has 4 amide bonds. The summed E-state index contributed by atoms with van der Waals surface area (Å²) in [5.41, 5.74) is -0.531. The van der Waals surface area contributed by atoms with Crippen LogP contribution in [0.3, 0.4) is 0 Å². The Bertz CT molecular complexity index is 669. The Morgan fingerprint density at radius 3 is 2.58 bits per heavy atom. The number of rotatable bonds is 6. The topological polar surface area (TPSA) is 87.7 Å². The zero-order chi connectivity index (χ0) is 17.3. The van der Waals surface area contributed by atoms with E-state index in [0.717, 1.165) is 17.7 Å². The Hall–Kier alpha value is -2.57. The third kappa shape index (κ3) is 3.06. The van der Waals surface area contributed by atoms with Crippen molar-refractivity contribution in [2.75, 3.05) is 13.2 Å². The van der Waals surface area contributed by atoms with Crippen molar-refractivity contribution in [3.8, 4) is 5.75 Å². The second kappa shape index (κ2) is 6.14. The van der Waals surface area contributed by atoms with Crippen molar-refractivity contribution in [1.82, 2.24) is 15.5 Å². The average Bonchev–Trinajstić information content (AvgIpc) is 3.33. The van der Waals surface area contributed by atoms with Gasteiger partial charge in [-0.3, -0.25) is 14.5 Å². The first-order chi connectivity index (χ1) is 11.4. The number of urea groups is 1. The molecule has 24 heavy (non-hydrogen) atoms. The zero-order valence-corrected chi connectivity index (χ0v) is 13.8. The van der Waals surface area contributed by atoms with Crippen molar-refractivity contribution < 1.29 is 19.1 Å². The molecule has 1 heterocycles. The van der Waals surface area contributed by atoms with Crippen LogP contribution in [0, 0.1) is 0 Å². The van der Waals surface area contributed by atoms with Gasteiger partial charge in [0.1, 0.15) is 17.8 Å². The summed E-state index contributed by atoms with van der Waals surface area (Å²) in [4.78, 5) is 37.8. The summed E-state index contributed by atoms with van der Waals surface area (Å²) in [6.07, 6.45) is 1.91. The summed E-state index contributed by atoms with van der Waals surface area (Å²) in [7, 11) is 0. The van der Waals surface area contributed by atoms with Crippen LogP contribution in [0.25, 0.3) is 0 Å². The molecule has 7 nitrogen and oxygen atoms in total. The lowest BCUT2D eigenvalue weighted by Gasteiger charge is -2.22. The molecule has 1 saturated heterocycles. The maximum Gasteiger partial charge on any atom is 0.325 e. The van der Waals surface area contributed by atoms with Crippen LogP contribution in [0.2, 0.25) is 0 Å². The standard InChI is InChI=1S/C17H21N3O4/c1-3-24-13-8-4-11(5-9-13)17(2)15(22)20(16(23)19-17)10-14(21)18-12-6-7-12/h4-5,8-9,12H,3,6-7,10H2,1-2H3,(H,18,21)(H,19,23)/t17-/m1/s1. The number of hydrogen-bond acceptors (Lipinski definition) is 4. The molecular weight excluding hydrogens is 310 g/mol.